The highest BCUT2D eigenvalue weighted by Gasteiger charge is 2.10. The van der Waals surface area contributed by atoms with Crippen LogP contribution in [0.25, 0.3) is 0 Å². The van der Waals surface area contributed by atoms with Gasteiger partial charge in [-0.25, -0.2) is 0 Å². The van der Waals surface area contributed by atoms with E-state index < -0.39 is 4.92 Å². The average molecular weight is 288 g/mol. The van der Waals surface area contributed by atoms with Gasteiger partial charge in [-0.2, -0.15) is 0 Å². The molecule has 0 fully saturated rings. The lowest BCUT2D eigenvalue weighted by atomic mass is 10.2. The molecular formula is C14H12N2O3S. The van der Waals surface area contributed by atoms with Gasteiger partial charge in [0.05, 0.1) is 10.5 Å². The summed E-state index contributed by atoms with van der Waals surface area (Å²) in [5.74, 6) is -0.262. The molecule has 0 aliphatic heterocycles. The van der Waals surface area contributed by atoms with E-state index in [-0.39, 0.29) is 18.1 Å². The van der Waals surface area contributed by atoms with Crippen LogP contribution in [0.1, 0.15) is 15.9 Å². The number of thiol groups is 1. The number of nitrogens with zero attached hydrogens (tertiary/aromatic N) is 1. The van der Waals surface area contributed by atoms with E-state index in [1.54, 1.807) is 36.4 Å². The van der Waals surface area contributed by atoms with Gasteiger partial charge in [0.25, 0.3) is 11.6 Å². The van der Waals surface area contributed by atoms with Gasteiger partial charge in [0.1, 0.15) is 0 Å². The van der Waals surface area contributed by atoms with Crippen LogP contribution in [0.5, 0.6) is 0 Å². The lowest BCUT2D eigenvalue weighted by Gasteiger charge is -2.07. The van der Waals surface area contributed by atoms with Crippen molar-refractivity contribution < 1.29 is 9.72 Å². The van der Waals surface area contributed by atoms with Crippen molar-refractivity contribution in [2.75, 3.05) is 0 Å². The van der Waals surface area contributed by atoms with E-state index in [0.29, 0.717) is 16.0 Å². The number of carbonyl (C=O) groups is 1. The van der Waals surface area contributed by atoms with Crippen molar-refractivity contribution in [1.82, 2.24) is 5.32 Å². The summed E-state index contributed by atoms with van der Waals surface area (Å²) in [6.07, 6.45) is 0. The predicted molar refractivity (Wildman–Crippen MR) is 78.0 cm³/mol. The molecule has 0 atom stereocenters. The normalized spacial score (nSPS) is 10.1. The summed E-state index contributed by atoms with van der Waals surface area (Å²) >= 11 is 4.21. The molecule has 0 unspecified atom stereocenters. The summed E-state index contributed by atoms with van der Waals surface area (Å²) in [6, 6.07) is 13.1. The van der Waals surface area contributed by atoms with Crippen LogP contribution < -0.4 is 5.32 Å². The van der Waals surface area contributed by atoms with Crippen LogP contribution in [0.15, 0.2) is 53.4 Å². The van der Waals surface area contributed by atoms with Gasteiger partial charge in [0, 0.05) is 23.6 Å². The summed E-state index contributed by atoms with van der Waals surface area (Å²) in [4.78, 5) is 22.8. The third kappa shape index (κ3) is 3.36. The molecule has 0 spiro atoms. The van der Waals surface area contributed by atoms with Crippen molar-refractivity contribution >= 4 is 24.2 Å². The first-order chi connectivity index (χ1) is 9.58. The number of carbonyl (C=O) groups excluding carboxylic acids is 1. The molecule has 0 radical (unpaired) electrons. The Morgan fingerprint density at radius 1 is 1.20 bits per heavy atom. The average Bonchev–Trinajstić information content (AvgIpc) is 2.45. The van der Waals surface area contributed by atoms with Crippen molar-refractivity contribution in [3.8, 4) is 0 Å². The van der Waals surface area contributed by atoms with Gasteiger partial charge in [0.2, 0.25) is 0 Å². The smallest absolute Gasteiger partial charge is 0.269 e. The van der Waals surface area contributed by atoms with E-state index in [1.807, 2.05) is 0 Å². The van der Waals surface area contributed by atoms with Crippen LogP contribution in [0.2, 0.25) is 0 Å². The van der Waals surface area contributed by atoms with Gasteiger partial charge < -0.3 is 5.32 Å². The van der Waals surface area contributed by atoms with E-state index >= 15 is 0 Å². The quantitative estimate of drug-likeness (QED) is 0.516. The summed E-state index contributed by atoms with van der Waals surface area (Å²) in [7, 11) is 0. The molecule has 0 saturated heterocycles. The van der Waals surface area contributed by atoms with Crippen molar-refractivity contribution in [3.05, 3.63) is 69.8 Å². The fourth-order valence-corrected chi connectivity index (χ4v) is 1.99. The second-order valence-electron chi connectivity index (χ2n) is 4.13. The summed E-state index contributed by atoms with van der Waals surface area (Å²) < 4.78 is 0. The van der Waals surface area contributed by atoms with E-state index in [4.69, 9.17) is 0 Å². The SMILES string of the molecule is O=C(NCc1cccc([N+](=O)[O-])c1)c1ccccc1S. The zero-order chi connectivity index (χ0) is 14.5. The minimum atomic E-state index is -0.464. The second-order valence-corrected chi connectivity index (χ2v) is 4.61. The Kier molecular flexibility index (Phi) is 4.37. The van der Waals surface area contributed by atoms with Gasteiger partial charge in [0.15, 0.2) is 0 Å². The van der Waals surface area contributed by atoms with E-state index in [1.165, 1.54) is 12.1 Å². The highest BCUT2D eigenvalue weighted by atomic mass is 32.1. The Hall–Kier alpha value is -2.34. The summed E-state index contributed by atoms with van der Waals surface area (Å²) in [6.45, 7) is 0.225. The van der Waals surface area contributed by atoms with Crippen molar-refractivity contribution in [2.24, 2.45) is 0 Å². The number of nitro groups is 1. The Morgan fingerprint density at radius 2 is 1.95 bits per heavy atom. The Bertz CT molecular complexity index is 658. The van der Waals surface area contributed by atoms with Gasteiger partial charge in [-0.1, -0.05) is 24.3 Å². The van der Waals surface area contributed by atoms with Gasteiger partial charge in [-0.15, -0.1) is 12.6 Å². The maximum absolute atomic E-state index is 12.0. The number of nitro benzene ring substituents is 1. The number of amides is 1. The Balaban J connectivity index is 2.06. The van der Waals surface area contributed by atoms with Crippen LogP contribution in [0.4, 0.5) is 5.69 Å². The number of hydrogen-bond donors (Lipinski definition) is 2. The molecule has 2 rings (SSSR count). The van der Waals surface area contributed by atoms with Crippen LogP contribution in [0, 0.1) is 10.1 Å². The van der Waals surface area contributed by atoms with Crippen molar-refractivity contribution in [2.45, 2.75) is 11.4 Å². The number of benzene rings is 2. The molecule has 20 heavy (non-hydrogen) atoms. The van der Waals surface area contributed by atoms with E-state index in [0.717, 1.165) is 0 Å². The molecule has 0 aliphatic carbocycles. The lowest BCUT2D eigenvalue weighted by Crippen LogP contribution is -2.23. The minimum Gasteiger partial charge on any atom is -0.348 e. The summed E-state index contributed by atoms with van der Waals surface area (Å²) in [5.41, 5.74) is 1.15. The Labute approximate surface area is 121 Å². The topological polar surface area (TPSA) is 72.2 Å². The molecule has 2 aromatic rings. The fraction of sp³-hybridized carbons (Fsp3) is 0.0714. The zero-order valence-corrected chi connectivity index (χ0v) is 11.3. The van der Waals surface area contributed by atoms with Crippen LogP contribution in [-0.4, -0.2) is 10.8 Å². The van der Waals surface area contributed by atoms with Crippen molar-refractivity contribution in [3.63, 3.8) is 0 Å². The molecule has 0 heterocycles. The molecule has 102 valence electrons. The first-order valence-electron chi connectivity index (χ1n) is 5.87. The molecule has 0 aromatic heterocycles. The zero-order valence-electron chi connectivity index (χ0n) is 10.4. The summed E-state index contributed by atoms with van der Waals surface area (Å²) in [5, 5.41) is 13.4. The number of rotatable bonds is 4. The first-order valence-corrected chi connectivity index (χ1v) is 6.32. The minimum absolute atomic E-state index is 0.00587. The highest BCUT2D eigenvalue weighted by Crippen LogP contribution is 2.15. The first kappa shape index (κ1) is 14.1. The van der Waals surface area contributed by atoms with Crippen LogP contribution >= 0.6 is 12.6 Å². The molecular weight excluding hydrogens is 276 g/mol. The third-order valence-corrected chi connectivity index (χ3v) is 3.11. The number of non-ortho nitro benzene ring substituents is 1. The maximum Gasteiger partial charge on any atom is 0.269 e. The maximum atomic E-state index is 12.0. The van der Waals surface area contributed by atoms with E-state index in [2.05, 4.69) is 17.9 Å². The van der Waals surface area contributed by atoms with Crippen molar-refractivity contribution in [1.29, 1.82) is 0 Å². The molecule has 2 aromatic carbocycles. The molecule has 0 bridgehead atoms. The van der Waals surface area contributed by atoms with Crippen LogP contribution in [0.3, 0.4) is 0 Å². The molecule has 6 heteroatoms. The molecule has 1 amide bonds. The van der Waals surface area contributed by atoms with E-state index in [9.17, 15) is 14.9 Å². The van der Waals surface area contributed by atoms with Gasteiger partial charge in [-0.05, 0) is 17.7 Å². The molecule has 0 saturated carbocycles. The van der Waals surface area contributed by atoms with Crippen LogP contribution in [-0.2, 0) is 6.54 Å². The highest BCUT2D eigenvalue weighted by molar-refractivity contribution is 7.80. The third-order valence-electron chi connectivity index (χ3n) is 2.72. The predicted octanol–water partition coefficient (Wildman–Crippen LogP) is 2.81. The Morgan fingerprint density at radius 3 is 2.65 bits per heavy atom. The van der Waals surface area contributed by atoms with Gasteiger partial charge in [-0.3, -0.25) is 14.9 Å². The molecule has 5 nitrogen and oxygen atoms in total. The number of hydrogen-bond acceptors (Lipinski definition) is 4. The van der Waals surface area contributed by atoms with Gasteiger partial charge >= 0.3 is 0 Å². The second kappa shape index (κ2) is 6.21. The monoisotopic (exact) mass is 288 g/mol. The fourth-order valence-electron chi connectivity index (χ4n) is 1.72. The molecule has 1 N–H and O–H groups in total. The number of nitrogens with one attached hydrogen (secondary N) is 1. The molecule has 0 aliphatic rings. The largest absolute Gasteiger partial charge is 0.348 e. The lowest BCUT2D eigenvalue weighted by molar-refractivity contribution is -0.384. The standard InChI is InChI=1S/C14H12N2O3S/c17-14(12-6-1-2-7-13(12)20)15-9-10-4-3-5-11(8-10)16(18)19/h1-8,20H,9H2,(H,15,17).